The molecule has 7 heteroatoms. The van der Waals surface area contributed by atoms with Gasteiger partial charge < -0.3 is 25.6 Å². The molecule has 0 spiro atoms. The zero-order valence-electron chi connectivity index (χ0n) is 15.3. The molecule has 0 saturated carbocycles. The number of amides is 1. The number of anilines is 1. The van der Waals surface area contributed by atoms with Crippen LogP contribution in [0.5, 0.6) is 11.5 Å². The summed E-state index contributed by atoms with van der Waals surface area (Å²) in [4.78, 5) is 11.5. The van der Waals surface area contributed by atoms with Crippen LogP contribution in [0, 0.1) is 5.82 Å². The summed E-state index contributed by atoms with van der Waals surface area (Å²) in [6, 6.07) is 9.12. The molecule has 2 aromatic rings. The maximum absolute atomic E-state index is 13.0. The highest BCUT2D eigenvalue weighted by molar-refractivity contribution is 5.96. The number of rotatable bonds is 6. The molecule has 0 radical (unpaired) electrons. The number of hydrogen-bond acceptors (Lipinski definition) is 5. The molecule has 0 aromatic heterocycles. The predicted octanol–water partition coefficient (Wildman–Crippen LogP) is 2.51. The number of fused-ring (bicyclic) bond motifs is 1. The molecule has 1 amide bonds. The third kappa shape index (κ3) is 4.75. The van der Waals surface area contributed by atoms with Gasteiger partial charge in [0.1, 0.15) is 17.3 Å². The predicted molar refractivity (Wildman–Crippen MR) is 99.4 cm³/mol. The average molecular weight is 374 g/mol. The van der Waals surface area contributed by atoms with Crippen molar-refractivity contribution in [3.05, 3.63) is 53.3 Å². The lowest BCUT2D eigenvalue weighted by atomic mass is 9.94. The summed E-state index contributed by atoms with van der Waals surface area (Å²) in [7, 11) is 0. The van der Waals surface area contributed by atoms with Gasteiger partial charge in [-0.2, -0.15) is 0 Å². The van der Waals surface area contributed by atoms with Gasteiger partial charge in [0.05, 0.1) is 11.8 Å². The molecular weight excluding hydrogens is 351 g/mol. The summed E-state index contributed by atoms with van der Waals surface area (Å²) in [5.74, 6) is -0.301. The molecule has 1 aliphatic heterocycles. The van der Waals surface area contributed by atoms with Crippen molar-refractivity contribution in [2.24, 2.45) is 0 Å². The fraction of sp³-hybridized carbons (Fsp3) is 0.350. The number of β-amino-alcohol motifs (C(OH)–C–C–N with tert-alkyl or cyclic N) is 1. The summed E-state index contributed by atoms with van der Waals surface area (Å²) < 4.78 is 18.5. The molecule has 0 saturated heterocycles. The highest BCUT2D eigenvalue weighted by Crippen LogP contribution is 2.38. The van der Waals surface area contributed by atoms with Crippen molar-refractivity contribution in [2.75, 3.05) is 18.5 Å². The molecule has 0 bridgehead atoms. The van der Waals surface area contributed by atoms with E-state index in [1.807, 2.05) is 13.8 Å². The molecule has 0 aliphatic carbocycles. The van der Waals surface area contributed by atoms with E-state index in [1.165, 1.54) is 24.3 Å². The lowest BCUT2D eigenvalue weighted by molar-refractivity contribution is -0.118. The van der Waals surface area contributed by atoms with Crippen molar-refractivity contribution in [3.63, 3.8) is 0 Å². The molecule has 1 heterocycles. The van der Waals surface area contributed by atoms with E-state index in [0.29, 0.717) is 23.4 Å². The lowest BCUT2D eigenvalue weighted by Crippen LogP contribution is -2.43. The molecular formula is C20H23FN2O4. The van der Waals surface area contributed by atoms with Crippen molar-refractivity contribution in [1.29, 1.82) is 0 Å². The highest BCUT2D eigenvalue weighted by atomic mass is 19.1. The maximum Gasteiger partial charge on any atom is 0.262 e. The molecule has 6 nitrogen and oxygen atoms in total. The van der Waals surface area contributed by atoms with Gasteiger partial charge in [-0.25, -0.2) is 4.39 Å². The maximum atomic E-state index is 13.0. The number of benzene rings is 2. The minimum atomic E-state index is -0.951. The Morgan fingerprint density at radius 3 is 2.70 bits per heavy atom. The number of phenols is 1. The van der Waals surface area contributed by atoms with Crippen LogP contribution < -0.4 is 15.4 Å². The van der Waals surface area contributed by atoms with Crippen LogP contribution in [0.2, 0.25) is 0 Å². The van der Waals surface area contributed by atoms with Gasteiger partial charge in [0.15, 0.2) is 6.61 Å². The summed E-state index contributed by atoms with van der Waals surface area (Å²) in [6.45, 7) is 4.04. The Labute approximate surface area is 157 Å². The van der Waals surface area contributed by atoms with Gasteiger partial charge >= 0.3 is 0 Å². The number of aliphatic hydroxyl groups excluding tert-OH is 1. The summed E-state index contributed by atoms with van der Waals surface area (Å²) >= 11 is 0. The number of halogens is 1. The fourth-order valence-electron chi connectivity index (χ4n) is 3.12. The van der Waals surface area contributed by atoms with Crippen LogP contribution in [0.15, 0.2) is 36.4 Å². The quantitative estimate of drug-likeness (QED) is 0.624. The number of nitrogens with one attached hydrogen (secondary N) is 2. The number of carbonyl (C=O) groups is 1. The first-order valence-corrected chi connectivity index (χ1v) is 8.70. The highest BCUT2D eigenvalue weighted by Gasteiger charge is 2.26. The molecule has 3 rings (SSSR count). The van der Waals surface area contributed by atoms with E-state index in [2.05, 4.69) is 10.6 Å². The van der Waals surface area contributed by atoms with Gasteiger partial charge in [-0.1, -0.05) is 12.1 Å². The zero-order valence-corrected chi connectivity index (χ0v) is 15.3. The third-order valence-electron chi connectivity index (χ3n) is 4.42. The van der Waals surface area contributed by atoms with E-state index < -0.39 is 6.10 Å². The number of ether oxygens (including phenoxy) is 1. The Bertz CT molecular complexity index is 837. The monoisotopic (exact) mass is 374 g/mol. The fourth-order valence-corrected chi connectivity index (χ4v) is 3.12. The topological polar surface area (TPSA) is 90.8 Å². The minimum Gasteiger partial charge on any atom is -0.508 e. The standard InChI is InChI=1S/C20H23FN2O4/c1-20(2,9-12-3-5-13(21)6-4-12)22-10-17(25)15-7-14(24)8-16-19(15)27-11-18(26)23-16/h3-8,17,22,24-25H,9-11H2,1-2H3,(H,23,26)/t17-/m0/s1. The Morgan fingerprint density at radius 1 is 1.30 bits per heavy atom. The second kappa shape index (κ2) is 7.54. The lowest BCUT2D eigenvalue weighted by Gasteiger charge is -2.29. The Balaban J connectivity index is 1.69. The Hall–Kier alpha value is -2.64. The molecule has 27 heavy (non-hydrogen) atoms. The zero-order chi connectivity index (χ0) is 19.6. The summed E-state index contributed by atoms with van der Waals surface area (Å²) in [6.07, 6.45) is -0.307. The van der Waals surface area contributed by atoms with Crippen LogP contribution in [-0.2, 0) is 11.2 Å². The largest absolute Gasteiger partial charge is 0.508 e. The van der Waals surface area contributed by atoms with Crippen molar-refractivity contribution in [2.45, 2.75) is 31.9 Å². The van der Waals surface area contributed by atoms with Crippen molar-refractivity contribution in [3.8, 4) is 11.5 Å². The van der Waals surface area contributed by atoms with Crippen LogP contribution in [0.4, 0.5) is 10.1 Å². The van der Waals surface area contributed by atoms with Crippen molar-refractivity contribution >= 4 is 11.6 Å². The van der Waals surface area contributed by atoms with Crippen LogP contribution in [-0.4, -0.2) is 34.8 Å². The van der Waals surface area contributed by atoms with E-state index in [0.717, 1.165) is 5.56 Å². The van der Waals surface area contributed by atoms with Crippen molar-refractivity contribution in [1.82, 2.24) is 5.32 Å². The van der Waals surface area contributed by atoms with Gasteiger partial charge in [-0.05, 0) is 44.0 Å². The van der Waals surface area contributed by atoms with Gasteiger partial charge in [-0.15, -0.1) is 0 Å². The minimum absolute atomic E-state index is 0.0702. The number of hydrogen-bond donors (Lipinski definition) is 4. The van der Waals surface area contributed by atoms with Gasteiger partial charge in [0.2, 0.25) is 0 Å². The smallest absolute Gasteiger partial charge is 0.262 e. The normalized spacial score (nSPS) is 14.9. The SMILES string of the molecule is CC(C)(Cc1ccc(F)cc1)NC[C@H](O)c1cc(O)cc2c1OCC(=O)N2. The van der Waals surface area contributed by atoms with Crippen LogP contribution in [0.1, 0.15) is 31.1 Å². The van der Waals surface area contributed by atoms with Crippen LogP contribution in [0.3, 0.4) is 0 Å². The average Bonchev–Trinajstić information content (AvgIpc) is 2.60. The third-order valence-corrected chi connectivity index (χ3v) is 4.42. The molecule has 0 unspecified atom stereocenters. The second-order valence-corrected chi connectivity index (χ2v) is 7.33. The first kappa shape index (κ1) is 19.1. The van der Waals surface area contributed by atoms with Gasteiger partial charge in [-0.3, -0.25) is 4.79 Å². The van der Waals surface area contributed by atoms with E-state index >= 15 is 0 Å². The first-order valence-electron chi connectivity index (χ1n) is 8.70. The van der Waals surface area contributed by atoms with Crippen LogP contribution >= 0.6 is 0 Å². The number of aliphatic hydroxyl groups is 1. The van der Waals surface area contributed by atoms with Crippen molar-refractivity contribution < 1.29 is 24.1 Å². The number of aromatic hydroxyl groups is 1. The van der Waals surface area contributed by atoms with Gasteiger partial charge in [0.25, 0.3) is 5.91 Å². The van der Waals surface area contributed by atoms with Crippen LogP contribution in [0.25, 0.3) is 0 Å². The summed E-state index contributed by atoms with van der Waals surface area (Å²) in [5, 5.41) is 26.4. The molecule has 144 valence electrons. The van der Waals surface area contributed by atoms with E-state index in [4.69, 9.17) is 4.74 Å². The molecule has 1 atom stereocenters. The molecule has 4 N–H and O–H groups in total. The van der Waals surface area contributed by atoms with Gasteiger partial charge in [0, 0.05) is 23.7 Å². The Kier molecular flexibility index (Phi) is 5.34. The number of carbonyl (C=O) groups excluding carboxylic acids is 1. The molecule has 2 aromatic carbocycles. The second-order valence-electron chi connectivity index (χ2n) is 7.33. The number of phenolic OH excluding ortho intramolecular Hbond substituents is 1. The van der Waals surface area contributed by atoms with E-state index in [1.54, 1.807) is 12.1 Å². The van der Waals surface area contributed by atoms with E-state index in [-0.39, 0.29) is 36.2 Å². The summed E-state index contributed by atoms with van der Waals surface area (Å²) in [5.41, 5.74) is 1.36. The Morgan fingerprint density at radius 2 is 2.00 bits per heavy atom. The molecule has 1 aliphatic rings. The molecule has 0 fully saturated rings. The first-order chi connectivity index (χ1) is 12.7. The van der Waals surface area contributed by atoms with E-state index in [9.17, 15) is 19.4 Å².